The summed E-state index contributed by atoms with van der Waals surface area (Å²) in [6.45, 7) is 0. The molecule has 1 amide bonds. The van der Waals surface area contributed by atoms with Crippen molar-refractivity contribution in [2.75, 3.05) is 5.32 Å². The van der Waals surface area contributed by atoms with Crippen LogP contribution in [0.5, 0.6) is 0 Å². The normalized spacial score (nSPS) is 16.9. The number of nitrogens with zero attached hydrogens (tertiary/aromatic N) is 1. The Labute approximate surface area is 131 Å². The summed E-state index contributed by atoms with van der Waals surface area (Å²) in [6, 6.07) is 9.85. The van der Waals surface area contributed by atoms with Gasteiger partial charge in [0.05, 0.1) is 22.8 Å². The molecule has 22 heavy (non-hydrogen) atoms. The highest BCUT2D eigenvalue weighted by atomic mass is 16.2. The van der Waals surface area contributed by atoms with Crippen LogP contribution in [0.25, 0.3) is 10.9 Å². The third-order valence-electron chi connectivity index (χ3n) is 4.58. The minimum absolute atomic E-state index is 0.0437. The summed E-state index contributed by atoms with van der Waals surface area (Å²) in [5.41, 5.74) is 1.26. The minimum atomic E-state index is -0.404. The molecule has 3 nitrogen and oxygen atoms in total. The van der Waals surface area contributed by atoms with Crippen LogP contribution in [-0.2, 0) is 4.79 Å². The van der Waals surface area contributed by atoms with Crippen molar-refractivity contribution in [2.24, 2.45) is 5.41 Å². The lowest BCUT2D eigenvalue weighted by molar-refractivity contribution is -0.127. The molecular formula is C19H20N2O. The van der Waals surface area contributed by atoms with Crippen LogP contribution in [0.15, 0.2) is 36.5 Å². The smallest absolute Gasteiger partial charge is 0.231 e. The highest BCUT2D eigenvalue weighted by molar-refractivity contribution is 5.97. The predicted octanol–water partition coefficient (Wildman–Crippen LogP) is 4.15. The molecule has 3 rings (SSSR count). The van der Waals surface area contributed by atoms with Gasteiger partial charge in [-0.2, -0.15) is 0 Å². The van der Waals surface area contributed by atoms with Gasteiger partial charge in [0.25, 0.3) is 0 Å². The molecule has 1 aliphatic rings. The van der Waals surface area contributed by atoms with Crippen LogP contribution in [0, 0.1) is 17.8 Å². The number of pyridine rings is 1. The summed E-state index contributed by atoms with van der Waals surface area (Å²) in [5.74, 6) is 2.74. The lowest BCUT2D eigenvalue weighted by Crippen LogP contribution is -2.37. The van der Waals surface area contributed by atoms with Crippen molar-refractivity contribution in [3.05, 3.63) is 36.5 Å². The van der Waals surface area contributed by atoms with Crippen molar-refractivity contribution in [3.8, 4) is 12.3 Å². The molecule has 0 unspecified atom stereocenters. The molecular weight excluding hydrogens is 272 g/mol. The molecule has 0 radical (unpaired) electrons. The van der Waals surface area contributed by atoms with Crippen molar-refractivity contribution < 1.29 is 4.79 Å². The number of carbonyl (C=O) groups is 1. The molecule has 0 spiro atoms. The highest BCUT2D eigenvalue weighted by Gasteiger charge is 2.38. The number of fused-ring (bicyclic) bond motifs is 1. The van der Waals surface area contributed by atoms with Crippen LogP contribution in [0.3, 0.4) is 0 Å². The van der Waals surface area contributed by atoms with Gasteiger partial charge in [-0.15, -0.1) is 12.3 Å². The van der Waals surface area contributed by atoms with Gasteiger partial charge in [-0.25, -0.2) is 0 Å². The number of rotatable bonds is 3. The number of anilines is 1. The Morgan fingerprint density at radius 2 is 2.05 bits per heavy atom. The first-order chi connectivity index (χ1) is 10.7. The van der Waals surface area contributed by atoms with Gasteiger partial charge in [-0.1, -0.05) is 37.5 Å². The molecule has 0 saturated heterocycles. The maximum atomic E-state index is 12.8. The van der Waals surface area contributed by atoms with Gasteiger partial charge in [0.2, 0.25) is 5.91 Å². The SMILES string of the molecule is C#CCC1(C(=O)Nc2cnc3ccccc3c2)CCCCC1. The fraction of sp³-hybridized carbons (Fsp3) is 0.368. The van der Waals surface area contributed by atoms with Gasteiger partial charge in [-0.3, -0.25) is 9.78 Å². The van der Waals surface area contributed by atoms with E-state index in [4.69, 9.17) is 6.42 Å². The second-order valence-corrected chi connectivity index (χ2v) is 6.09. The van der Waals surface area contributed by atoms with Crippen molar-refractivity contribution >= 4 is 22.5 Å². The molecule has 1 saturated carbocycles. The molecule has 1 heterocycles. The standard InChI is InChI=1S/C19H20N2O/c1-2-10-19(11-6-3-7-12-19)18(22)21-16-13-15-8-4-5-9-17(15)20-14-16/h1,4-5,8-9,13-14H,3,6-7,10-12H2,(H,21,22). The van der Waals surface area contributed by atoms with Gasteiger partial charge < -0.3 is 5.32 Å². The summed E-state index contributed by atoms with van der Waals surface area (Å²) in [4.78, 5) is 17.2. The van der Waals surface area contributed by atoms with Gasteiger partial charge in [0.1, 0.15) is 0 Å². The summed E-state index contributed by atoms with van der Waals surface area (Å²) in [7, 11) is 0. The second kappa shape index (κ2) is 6.19. The molecule has 0 bridgehead atoms. The summed E-state index contributed by atoms with van der Waals surface area (Å²) in [5, 5.41) is 4.06. The summed E-state index contributed by atoms with van der Waals surface area (Å²) < 4.78 is 0. The first-order valence-corrected chi connectivity index (χ1v) is 7.83. The lowest BCUT2D eigenvalue weighted by Gasteiger charge is -2.34. The number of para-hydroxylation sites is 1. The molecule has 2 aromatic rings. The Bertz CT molecular complexity index is 724. The van der Waals surface area contributed by atoms with E-state index in [1.54, 1.807) is 6.20 Å². The molecule has 112 valence electrons. The maximum Gasteiger partial charge on any atom is 0.231 e. The minimum Gasteiger partial charge on any atom is -0.324 e. The van der Waals surface area contributed by atoms with E-state index in [0.717, 1.165) is 42.3 Å². The third kappa shape index (κ3) is 2.82. The summed E-state index contributed by atoms with van der Waals surface area (Å²) >= 11 is 0. The predicted molar refractivity (Wildman–Crippen MR) is 89.3 cm³/mol. The number of carbonyl (C=O) groups excluding carboxylic acids is 1. The molecule has 1 aliphatic carbocycles. The van der Waals surface area contributed by atoms with Gasteiger partial charge >= 0.3 is 0 Å². The average Bonchev–Trinajstić information content (AvgIpc) is 2.56. The second-order valence-electron chi connectivity index (χ2n) is 6.09. The third-order valence-corrected chi connectivity index (χ3v) is 4.58. The lowest BCUT2D eigenvalue weighted by atomic mass is 9.71. The van der Waals surface area contributed by atoms with E-state index in [0.29, 0.717) is 6.42 Å². The molecule has 0 atom stereocenters. The fourth-order valence-corrected chi connectivity index (χ4v) is 3.31. The Morgan fingerprint density at radius 1 is 1.27 bits per heavy atom. The Morgan fingerprint density at radius 3 is 2.82 bits per heavy atom. The van der Waals surface area contributed by atoms with Crippen LogP contribution in [0.2, 0.25) is 0 Å². The Balaban J connectivity index is 1.83. The van der Waals surface area contributed by atoms with E-state index >= 15 is 0 Å². The van der Waals surface area contributed by atoms with E-state index in [1.807, 2.05) is 30.3 Å². The number of benzene rings is 1. The molecule has 3 heteroatoms. The highest BCUT2D eigenvalue weighted by Crippen LogP contribution is 2.40. The largest absolute Gasteiger partial charge is 0.324 e. The maximum absolute atomic E-state index is 12.8. The number of aromatic nitrogens is 1. The van der Waals surface area contributed by atoms with E-state index in [9.17, 15) is 4.79 Å². The van der Waals surface area contributed by atoms with Gasteiger partial charge in [0, 0.05) is 11.8 Å². The zero-order valence-electron chi connectivity index (χ0n) is 12.6. The monoisotopic (exact) mass is 292 g/mol. The zero-order valence-corrected chi connectivity index (χ0v) is 12.6. The van der Waals surface area contributed by atoms with E-state index in [1.165, 1.54) is 6.42 Å². The van der Waals surface area contributed by atoms with Crippen molar-refractivity contribution in [1.82, 2.24) is 4.98 Å². The first-order valence-electron chi connectivity index (χ1n) is 7.83. The fourth-order valence-electron chi connectivity index (χ4n) is 3.31. The number of nitrogens with one attached hydrogen (secondary N) is 1. The number of hydrogen-bond acceptors (Lipinski definition) is 2. The van der Waals surface area contributed by atoms with Gasteiger partial charge in [-0.05, 0) is 25.0 Å². The van der Waals surface area contributed by atoms with E-state index < -0.39 is 5.41 Å². The zero-order chi connectivity index (χ0) is 15.4. The summed E-state index contributed by atoms with van der Waals surface area (Å²) in [6.07, 6.45) is 12.8. The number of terminal acetylenes is 1. The quantitative estimate of drug-likeness (QED) is 0.864. The number of hydrogen-bond donors (Lipinski definition) is 1. The van der Waals surface area contributed by atoms with Crippen LogP contribution >= 0.6 is 0 Å². The number of amides is 1. The average molecular weight is 292 g/mol. The van der Waals surface area contributed by atoms with Crippen LogP contribution in [0.1, 0.15) is 38.5 Å². The van der Waals surface area contributed by atoms with Crippen LogP contribution in [-0.4, -0.2) is 10.9 Å². The van der Waals surface area contributed by atoms with E-state index in [-0.39, 0.29) is 5.91 Å². The van der Waals surface area contributed by atoms with Crippen LogP contribution < -0.4 is 5.32 Å². The topological polar surface area (TPSA) is 42.0 Å². The van der Waals surface area contributed by atoms with E-state index in [2.05, 4.69) is 16.2 Å². The molecule has 1 N–H and O–H groups in total. The van der Waals surface area contributed by atoms with Crippen molar-refractivity contribution in [3.63, 3.8) is 0 Å². The molecule has 1 fully saturated rings. The van der Waals surface area contributed by atoms with Crippen molar-refractivity contribution in [2.45, 2.75) is 38.5 Å². The Hall–Kier alpha value is -2.34. The van der Waals surface area contributed by atoms with Crippen molar-refractivity contribution in [1.29, 1.82) is 0 Å². The molecule has 1 aromatic heterocycles. The first kappa shape index (κ1) is 14.6. The van der Waals surface area contributed by atoms with Gasteiger partial charge in [0.15, 0.2) is 0 Å². The molecule has 1 aromatic carbocycles. The molecule has 0 aliphatic heterocycles. The Kier molecular flexibility index (Phi) is 4.11. The van der Waals surface area contributed by atoms with Crippen LogP contribution in [0.4, 0.5) is 5.69 Å².